The summed E-state index contributed by atoms with van der Waals surface area (Å²) in [6.07, 6.45) is 4.75. The molecule has 2 aromatic rings. The van der Waals surface area contributed by atoms with Crippen LogP contribution in [0.3, 0.4) is 0 Å². The first-order valence-electron chi connectivity index (χ1n) is 6.72. The molecule has 21 heavy (non-hydrogen) atoms. The molecule has 0 radical (unpaired) electrons. The fourth-order valence-electron chi connectivity index (χ4n) is 1.87. The molecule has 2 aromatic carbocycles. The van der Waals surface area contributed by atoms with Crippen LogP contribution >= 0.6 is 0 Å². The Kier molecular flexibility index (Phi) is 4.99. The predicted octanol–water partition coefficient (Wildman–Crippen LogP) is 4.25. The standard InChI is InChI=1S/C19H16O2/c1-15(19(21)17-12-6-3-7-13-17)9-8-14-18(20)16-10-4-2-5-11-16/h2-14H,1H3/b14-8+,15-9+. The molecule has 0 bridgehead atoms. The summed E-state index contributed by atoms with van der Waals surface area (Å²) in [5.41, 5.74) is 1.88. The van der Waals surface area contributed by atoms with Crippen LogP contribution < -0.4 is 0 Å². The molecule has 104 valence electrons. The average Bonchev–Trinajstić information content (AvgIpc) is 2.55. The van der Waals surface area contributed by atoms with Crippen LogP contribution in [0.4, 0.5) is 0 Å². The lowest BCUT2D eigenvalue weighted by Gasteiger charge is -1.99. The maximum Gasteiger partial charge on any atom is 0.188 e. The minimum absolute atomic E-state index is 0.0348. The van der Waals surface area contributed by atoms with E-state index in [1.54, 1.807) is 43.3 Å². The lowest BCUT2D eigenvalue weighted by Crippen LogP contribution is -1.99. The van der Waals surface area contributed by atoms with Gasteiger partial charge < -0.3 is 0 Å². The van der Waals surface area contributed by atoms with Crippen molar-refractivity contribution in [3.63, 3.8) is 0 Å². The number of hydrogen-bond acceptors (Lipinski definition) is 2. The molecule has 0 saturated heterocycles. The molecule has 0 heterocycles. The van der Waals surface area contributed by atoms with Crippen molar-refractivity contribution >= 4 is 11.6 Å². The van der Waals surface area contributed by atoms with E-state index in [2.05, 4.69) is 0 Å². The van der Waals surface area contributed by atoms with Gasteiger partial charge in [0.05, 0.1) is 0 Å². The van der Waals surface area contributed by atoms with Crippen molar-refractivity contribution in [2.24, 2.45) is 0 Å². The predicted molar refractivity (Wildman–Crippen MR) is 84.4 cm³/mol. The maximum absolute atomic E-state index is 12.1. The number of carbonyl (C=O) groups is 2. The molecular weight excluding hydrogens is 260 g/mol. The highest BCUT2D eigenvalue weighted by Gasteiger charge is 2.06. The third-order valence-electron chi connectivity index (χ3n) is 3.05. The van der Waals surface area contributed by atoms with Crippen LogP contribution in [0.1, 0.15) is 27.6 Å². The van der Waals surface area contributed by atoms with Crippen LogP contribution in [0.15, 0.2) is 84.5 Å². The number of hydrogen-bond donors (Lipinski definition) is 0. The summed E-state index contributed by atoms with van der Waals surface area (Å²) in [6.45, 7) is 1.74. The largest absolute Gasteiger partial charge is 0.289 e. The van der Waals surface area contributed by atoms with Crippen LogP contribution in [-0.4, -0.2) is 11.6 Å². The van der Waals surface area contributed by atoms with E-state index in [1.807, 2.05) is 36.4 Å². The average molecular weight is 276 g/mol. The second kappa shape index (κ2) is 7.15. The smallest absolute Gasteiger partial charge is 0.188 e. The fourth-order valence-corrected chi connectivity index (χ4v) is 1.87. The van der Waals surface area contributed by atoms with Crippen LogP contribution in [0.25, 0.3) is 0 Å². The van der Waals surface area contributed by atoms with Crippen molar-refractivity contribution < 1.29 is 9.59 Å². The van der Waals surface area contributed by atoms with Crippen LogP contribution in [0.5, 0.6) is 0 Å². The third-order valence-corrected chi connectivity index (χ3v) is 3.05. The maximum atomic E-state index is 12.1. The first-order valence-corrected chi connectivity index (χ1v) is 6.72. The van der Waals surface area contributed by atoms with Gasteiger partial charge in [-0.3, -0.25) is 9.59 Å². The van der Waals surface area contributed by atoms with E-state index >= 15 is 0 Å². The summed E-state index contributed by atoms with van der Waals surface area (Å²) in [5, 5.41) is 0. The number of carbonyl (C=O) groups excluding carboxylic acids is 2. The van der Waals surface area contributed by atoms with E-state index in [9.17, 15) is 9.59 Å². The van der Waals surface area contributed by atoms with E-state index < -0.39 is 0 Å². The van der Waals surface area contributed by atoms with E-state index in [4.69, 9.17) is 0 Å². The van der Waals surface area contributed by atoms with Crippen molar-refractivity contribution in [1.29, 1.82) is 0 Å². The van der Waals surface area contributed by atoms with Crippen LogP contribution in [-0.2, 0) is 0 Å². The second-order valence-electron chi connectivity index (χ2n) is 4.63. The minimum Gasteiger partial charge on any atom is -0.289 e. The van der Waals surface area contributed by atoms with Crippen molar-refractivity contribution in [1.82, 2.24) is 0 Å². The molecule has 0 saturated carbocycles. The summed E-state index contributed by atoms with van der Waals surface area (Å²) in [6, 6.07) is 18.1. The van der Waals surface area contributed by atoms with Gasteiger partial charge >= 0.3 is 0 Å². The Morgan fingerprint density at radius 3 is 1.90 bits per heavy atom. The van der Waals surface area contributed by atoms with Gasteiger partial charge in [-0.25, -0.2) is 0 Å². The Hall–Kier alpha value is -2.74. The summed E-state index contributed by atoms with van der Waals surface area (Å²) in [4.78, 5) is 24.0. The summed E-state index contributed by atoms with van der Waals surface area (Å²) < 4.78 is 0. The van der Waals surface area contributed by atoms with Gasteiger partial charge in [0.25, 0.3) is 0 Å². The Labute approximate surface area is 124 Å². The molecule has 0 spiro atoms. The Morgan fingerprint density at radius 1 is 0.810 bits per heavy atom. The molecule has 0 fully saturated rings. The van der Waals surface area contributed by atoms with Crippen molar-refractivity contribution in [3.8, 4) is 0 Å². The van der Waals surface area contributed by atoms with E-state index in [0.29, 0.717) is 16.7 Å². The van der Waals surface area contributed by atoms with Gasteiger partial charge in [0.2, 0.25) is 0 Å². The number of allylic oxidation sites excluding steroid dienone is 4. The molecule has 0 aliphatic heterocycles. The quantitative estimate of drug-likeness (QED) is 0.464. The highest BCUT2D eigenvalue weighted by molar-refractivity contribution is 6.09. The van der Waals surface area contributed by atoms with Crippen LogP contribution in [0, 0.1) is 0 Å². The summed E-state index contributed by atoms with van der Waals surface area (Å²) in [7, 11) is 0. The number of Topliss-reactive ketones (excluding diaryl/α,β-unsaturated/α-hetero) is 1. The molecule has 0 atom stereocenters. The van der Waals surface area contributed by atoms with Crippen LogP contribution in [0.2, 0.25) is 0 Å². The van der Waals surface area contributed by atoms with E-state index in [0.717, 1.165) is 0 Å². The normalized spacial score (nSPS) is 11.6. The summed E-state index contributed by atoms with van der Waals surface area (Å²) >= 11 is 0. The molecule has 0 aliphatic rings. The van der Waals surface area contributed by atoms with Gasteiger partial charge in [0.1, 0.15) is 0 Å². The van der Waals surface area contributed by atoms with E-state index in [1.165, 1.54) is 6.08 Å². The molecule has 0 N–H and O–H groups in total. The lowest BCUT2D eigenvalue weighted by atomic mass is 10.0. The number of benzene rings is 2. The molecule has 2 heteroatoms. The van der Waals surface area contributed by atoms with Crippen molar-refractivity contribution in [2.45, 2.75) is 6.92 Å². The minimum atomic E-state index is -0.0770. The number of rotatable bonds is 5. The Bertz CT molecular complexity index is 680. The highest BCUT2D eigenvalue weighted by atomic mass is 16.1. The lowest BCUT2D eigenvalue weighted by molar-refractivity contribution is 0.102. The van der Waals surface area contributed by atoms with Gasteiger partial charge in [-0.1, -0.05) is 72.8 Å². The third kappa shape index (κ3) is 4.11. The van der Waals surface area contributed by atoms with Gasteiger partial charge in [-0.2, -0.15) is 0 Å². The molecular formula is C19H16O2. The van der Waals surface area contributed by atoms with Gasteiger partial charge in [-0.15, -0.1) is 0 Å². The molecule has 0 amide bonds. The Balaban J connectivity index is 2.05. The fraction of sp³-hybridized carbons (Fsp3) is 0.0526. The van der Waals surface area contributed by atoms with Gasteiger partial charge in [0, 0.05) is 11.1 Å². The molecule has 2 nitrogen and oxygen atoms in total. The molecule has 2 rings (SSSR count). The number of ketones is 2. The zero-order valence-corrected chi connectivity index (χ0v) is 11.8. The first-order chi connectivity index (χ1) is 10.2. The highest BCUT2D eigenvalue weighted by Crippen LogP contribution is 2.08. The SMILES string of the molecule is C/C(=C\C=C\C(=O)c1ccccc1)C(=O)c1ccccc1. The van der Waals surface area contributed by atoms with Crippen molar-refractivity contribution in [2.75, 3.05) is 0 Å². The molecule has 0 aliphatic carbocycles. The van der Waals surface area contributed by atoms with Gasteiger partial charge in [-0.05, 0) is 18.6 Å². The van der Waals surface area contributed by atoms with Gasteiger partial charge in [0.15, 0.2) is 11.6 Å². The zero-order valence-electron chi connectivity index (χ0n) is 11.8. The summed E-state index contributed by atoms with van der Waals surface area (Å²) in [5.74, 6) is -0.112. The first kappa shape index (κ1) is 14.7. The second-order valence-corrected chi connectivity index (χ2v) is 4.63. The molecule has 0 aromatic heterocycles. The zero-order chi connectivity index (χ0) is 15.1. The topological polar surface area (TPSA) is 34.1 Å². The monoisotopic (exact) mass is 276 g/mol. The Morgan fingerprint density at radius 2 is 1.33 bits per heavy atom. The van der Waals surface area contributed by atoms with Crippen molar-refractivity contribution in [3.05, 3.63) is 95.6 Å². The van der Waals surface area contributed by atoms with E-state index in [-0.39, 0.29) is 11.6 Å². The molecule has 0 unspecified atom stereocenters.